The van der Waals surface area contributed by atoms with Gasteiger partial charge < -0.3 is 9.80 Å². The number of piperidine rings is 1. The number of nitrogens with zero attached hydrogens (tertiary/aromatic N) is 2. The number of halogens is 1. The minimum absolute atomic E-state index is 0. The Hall–Kier alpha value is -1.39. The normalized spacial score (nSPS) is 18.8. The monoisotopic (exact) mass is 350 g/mol. The minimum atomic E-state index is 0. The van der Waals surface area contributed by atoms with E-state index < -0.39 is 0 Å². The van der Waals surface area contributed by atoms with Gasteiger partial charge in [-0.1, -0.05) is 18.6 Å². The molecule has 0 aliphatic carbocycles. The third-order valence-corrected chi connectivity index (χ3v) is 4.92. The molecule has 0 spiro atoms. The molecule has 132 valence electrons. The van der Waals surface area contributed by atoms with Gasteiger partial charge in [0.15, 0.2) is 5.78 Å². The van der Waals surface area contributed by atoms with Gasteiger partial charge >= 0.3 is 0 Å². The highest BCUT2D eigenvalue weighted by Gasteiger charge is 2.25. The molecular formula is C19H27ClN2O2. The maximum atomic E-state index is 12.4. The van der Waals surface area contributed by atoms with Crippen LogP contribution in [0.25, 0.3) is 0 Å². The van der Waals surface area contributed by atoms with Crippen molar-refractivity contribution in [2.75, 3.05) is 31.1 Å². The molecule has 2 aliphatic heterocycles. The molecule has 0 bridgehead atoms. The molecule has 3 rings (SSSR count). The molecule has 0 unspecified atom stereocenters. The van der Waals surface area contributed by atoms with Crippen LogP contribution in [0.1, 0.15) is 55.3 Å². The Labute approximate surface area is 150 Å². The molecule has 1 aromatic rings. The summed E-state index contributed by atoms with van der Waals surface area (Å²) < 4.78 is 0. The summed E-state index contributed by atoms with van der Waals surface area (Å²) in [6.45, 7) is 4.29. The number of Topliss-reactive ketones (excluding diaryl/α,β-unsaturated/α-hetero) is 1. The number of unbranched alkanes of at least 4 members (excludes halogenated alkanes) is 1. The van der Waals surface area contributed by atoms with E-state index in [-0.39, 0.29) is 24.1 Å². The molecule has 1 amide bonds. The van der Waals surface area contributed by atoms with Crippen LogP contribution in [0.5, 0.6) is 0 Å². The number of anilines is 1. The van der Waals surface area contributed by atoms with Crippen LogP contribution in [0.15, 0.2) is 24.3 Å². The Balaban J connectivity index is 0.00000208. The van der Waals surface area contributed by atoms with Gasteiger partial charge in [-0.25, -0.2) is 0 Å². The Bertz CT molecular complexity index is 570. The van der Waals surface area contributed by atoms with Crippen molar-refractivity contribution in [3.8, 4) is 0 Å². The van der Waals surface area contributed by atoms with Crippen molar-refractivity contribution in [1.29, 1.82) is 0 Å². The SMILES string of the molecule is Cl.O=C1CCC(=O)N(CCCCN2CCCCC2)c2ccccc21. The lowest BCUT2D eigenvalue weighted by atomic mass is 10.1. The molecule has 1 saturated heterocycles. The van der Waals surface area contributed by atoms with Gasteiger partial charge in [0.1, 0.15) is 0 Å². The molecule has 0 atom stereocenters. The third kappa shape index (κ3) is 4.58. The van der Waals surface area contributed by atoms with E-state index in [0.717, 1.165) is 31.6 Å². The number of likely N-dealkylation sites (tertiary alicyclic amines) is 1. The lowest BCUT2D eigenvalue weighted by molar-refractivity contribution is -0.118. The van der Waals surface area contributed by atoms with E-state index in [9.17, 15) is 9.59 Å². The summed E-state index contributed by atoms with van der Waals surface area (Å²) in [5.41, 5.74) is 1.51. The number of benzene rings is 1. The van der Waals surface area contributed by atoms with Gasteiger partial charge in [0, 0.05) is 24.9 Å². The van der Waals surface area contributed by atoms with Crippen LogP contribution in [-0.4, -0.2) is 42.8 Å². The summed E-state index contributed by atoms with van der Waals surface area (Å²) in [6, 6.07) is 7.53. The average molecular weight is 351 g/mol. The van der Waals surface area contributed by atoms with Gasteiger partial charge in [0.2, 0.25) is 5.91 Å². The second-order valence-corrected chi connectivity index (χ2v) is 6.60. The van der Waals surface area contributed by atoms with Gasteiger partial charge in [-0.15, -0.1) is 12.4 Å². The summed E-state index contributed by atoms with van der Waals surface area (Å²) in [5.74, 6) is 0.172. The van der Waals surface area contributed by atoms with E-state index in [1.807, 2.05) is 29.2 Å². The number of para-hydroxylation sites is 1. The average Bonchev–Trinajstić information content (AvgIpc) is 2.71. The molecule has 5 heteroatoms. The van der Waals surface area contributed by atoms with E-state index in [0.29, 0.717) is 18.4 Å². The summed E-state index contributed by atoms with van der Waals surface area (Å²) in [5, 5.41) is 0. The molecule has 1 aromatic carbocycles. The molecule has 0 saturated carbocycles. The highest BCUT2D eigenvalue weighted by molar-refractivity contribution is 6.09. The number of hydrogen-bond acceptors (Lipinski definition) is 3. The molecule has 24 heavy (non-hydrogen) atoms. The van der Waals surface area contributed by atoms with Gasteiger partial charge in [0.05, 0.1) is 5.69 Å². The first-order chi connectivity index (χ1) is 11.3. The molecule has 4 nitrogen and oxygen atoms in total. The Morgan fingerprint density at radius 2 is 1.58 bits per heavy atom. The first kappa shape index (κ1) is 18.9. The Morgan fingerprint density at radius 3 is 2.38 bits per heavy atom. The fraction of sp³-hybridized carbons (Fsp3) is 0.579. The zero-order valence-electron chi connectivity index (χ0n) is 14.2. The van der Waals surface area contributed by atoms with Crippen molar-refractivity contribution in [1.82, 2.24) is 4.90 Å². The fourth-order valence-corrected chi connectivity index (χ4v) is 3.60. The Morgan fingerprint density at radius 1 is 0.875 bits per heavy atom. The number of amides is 1. The predicted molar refractivity (Wildman–Crippen MR) is 99.1 cm³/mol. The lowest BCUT2D eigenvalue weighted by Crippen LogP contribution is -2.33. The zero-order chi connectivity index (χ0) is 16.1. The molecule has 0 aromatic heterocycles. The number of carbonyl (C=O) groups is 2. The van der Waals surface area contributed by atoms with Gasteiger partial charge in [-0.05, 0) is 57.5 Å². The quantitative estimate of drug-likeness (QED) is 0.760. The number of carbonyl (C=O) groups excluding carboxylic acids is 2. The molecular weight excluding hydrogens is 324 g/mol. The lowest BCUT2D eigenvalue weighted by Gasteiger charge is -2.27. The summed E-state index contributed by atoms with van der Waals surface area (Å²) >= 11 is 0. The van der Waals surface area contributed by atoms with Crippen LogP contribution in [0.3, 0.4) is 0 Å². The predicted octanol–water partition coefficient (Wildman–Crippen LogP) is 3.68. The number of hydrogen-bond donors (Lipinski definition) is 0. The highest BCUT2D eigenvalue weighted by atomic mass is 35.5. The first-order valence-corrected chi connectivity index (χ1v) is 8.90. The van der Waals surface area contributed by atoms with Crippen molar-refractivity contribution in [2.45, 2.75) is 44.9 Å². The van der Waals surface area contributed by atoms with Crippen LogP contribution >= 0.6 is 12.4 Å². The minimum Gasteiger partial charge on any atom is -0.312 e. The topological polar surface area (TPSA) is 40.6 Å². The second kappa shape index (κ2) is 9.19. The summed E-state index contributed by atoms with van der Waals surface area (Å²) in [7, 11) is 0. The highest BCUT2D eigenvalue weighted by Crippen LogP contribution is 2.27. The maximum absolute atomic E-state index is 12.4. The second-order valence-electron chi connectivity index (χ2n) is 6.60. The van der Waals surface area contributed by atoms with Crippen LogP contribution < -0.4 is 4.90 Å². The maximum Gasteiger partial charge on any atom is 0.227 e. The summed E-state index contributed by atoms with van der Waals surface area (Å²) in [6.07, 6.45) is 6.77. The third-order valence-electron chi connectivity index (χ3n) is 4.92. The standard InChI is InChI=1S/C19H26N2O2.ClH/c22-18-10-11-19(23)21(17-9-3-2-8-16(17)18)15-7-6-14-20-12-4-1-5-13-20;/h2-3,8-9H,1,4-7,10-15H2;1H. The molecule has 1 fully saturated rings. The van der Waals surface area contributed by atoms with Crippen molar-refractivity contribution in [3.05, 3.63) is 29.8 Å². The fourth-order valence-electron chi connectivity index (χ4n) is 3.60. The molecule has 2 aliphatic rings. The van der Waals surface area contributed by atoms with Gasteiger partial charge in [-0.3, -0.25) is 9.59 Å². The largest absolute Gasteiger partial charge is 0.312 e. The number of rotatable bonds is 5. The number of ketones is 1. The molecule has 2 heterocycles. The smallest absolute Gasteiger partial charge is 0.227 e. The van der Waals surface area contributed by atoms with Crippen LogP contribution in [-0.2, 0) is 4.79 Å². The zero-order valence-corrected chi connectivity index (χ0v) is 15.0. The van der Waals surface area contributed by atoms with E-state index in [4.69, 9.17) is 0 Å². The number of fused-ring (bicyclic) bond motifs is 1. The Kier molecular flexibility index (Phi) is 7.25. The van der Waals surface area contributed by atoms with E-state index >= 15 is 0 Å². The first-order valence-electron chi connectivity index (χ1n) is 8.90. The van der Waals surface area contributed by atoms with Gasteiger partial charge in [-0.2, -0.15) is 0 Å². The molecule has 0 N–H and O–H groups in total. The van der Waals surface area contributed by atoms with Crippen molar-refractivity contribution in [2.24, 2.45) is 0 Å². The van der Waals surface area contributed by atoms with Crippen LogP contribution in [0.4, 0.5) is 5.69 Å². The van der Waals surface area contributed by atoms with E-state index in [2.05, 4.69) is 4.90 Å². The van der Waals surface area contributed by atoms with Crippen LogP contribution in [0, 0.1) is 0 Å². The van der Waals surface area contributed by atoms with Crippen molar-refractivity contribution < 1.29 is 9.59 Å². The van der Waals surface area contributed by atoms with Crippen LogP contribution in [0.2, 0.25) is 0 Å². The van der Waals surface area contributed by atoms with E-state index in [1.165, 1.54) is 32.4 Å². The summed E-state index contributed by atoms with van der Waals surface area (Å²) in [4.78, 5) is 28.9. The van der Waals surface area contributed by atoms with Crippen molar-refractivity contribution >= 4 is 29.8 Å². The van der Waals surface area contributed by atoms with Gasteiger partial charge in [0.25, 0.3) is 0 Å². The molecule has 0 radical (unpaired) electrons. The van der Waals surface area contributed by atoms with Crippen molar-refractivity contribution in [3.63, 3.8) is 0 Å². The van der Waals surface area contributed by atoms with E-state index in [1.54, 1.807) is 0 Å².